The molecule has 24 heavy (non-hydrogen) atoms. The molecule has 6 nitrogen and oxygen atoms in total. The molecule has 1 atom stereocenters. The van der Waals surface area contributed by atoms with E-state index in [0.29, 0.717) is 5.75 Å². The number of aliphatic carboxylic acids is 1. The third kappa shape index (κ3) is 2.96. The second kappa shape index (κ2) is 6.33. The number of carboxylic acid groups (broad SMARTS) is 1. The molecule has 6 heteroatoms. The minimum Gasteiger partial charge on any atom is -0.497 e. The number of ether oxygens (including phenoxy) is 1. The van der Waals surface area contributed by atoms with Crippen LogP contribution in [0, 0.1) is 6.92 Å². The molecule has 0 amide bonds. The largest absolute Gasteiger partial charge is 0.497 e. The van der Waals surface area contributed by atoms with Gasteiger partial charge in [-0.1, -0.05) is 18.2 Å². The first kappa shape index (κ1) is 16.0. The Labute approximate surface area is 139 Å². The first-order valence-corrected chi connectivity index (χ1v) is 7.60. The molecule has 3 aromatic rings. The van der Waals surface area contributed by atoms with Crippen molar-refractivity contribution in [3.63, 3.8) is 0 Å². The molecular formula is C18H19N3O3. The van der Waals surface area contributed by atoms with E-state index in [0.717, 1.165) is 28.2 Å². The van der Waals surface area contributed by atoms with Crippen LogP contribution in [0.3, 0.4) is 0 Å². The number of rotatable bonds is 5. The topological polar surface area (TPSA) is 89.9 Å². The van der Waals surface area contributed by atoms with Crippen LogP contribution < -0.4 is 10.5 Å². The quantitative estimate of drug-likeness (QED) is 0.751. The summed E-state index contributed by atoms with van der Waals surface area (Å²) < 4.78 is 7.18. The maximum absolute atomic E-state index is 11.2. The molecule has 0 aliphatic carbocycles. The van der Waals surface area contributed by atoms with Crippen LogP contribution in [-0.4, -0.2) is 33.6 Å². The van der Waals surface area contributed by atoms with Gasteiger partial charge in [0.05, 0.1) is 18.5 Å². The molecule has 0 aliphatic rings. The van der Waals surface area contributed by atoms with Gasteiger partial charge in [0, 0.05) is 18.2 Å². The third-order valence-corrected chi connectivity index (χ3v) is 3.94. The standard InChI is InChI=1S/C18H19N3O3/c1-11-6-7-16-20-17(12-4-3-5-13(8-12)24-2)15(21(16)10-11)9-14(19)18(22)23/h3-8,10,14H,9,19H2,1-2H3,(H,22,23). The van der Waals surface area contributed by atoms with E-state index in [1.54, 1.807) is 7.11 Å². The molecule has 0 fully saturated rings. The SMILES string of the molecule is COc1cccc(-c2nc3ccc(C)cn3c2CC(N)C(=O)O)c1. The number of hydrogen-bond acceptors (Lipinski definition) is 4. The minimum atomic E-state index is -1.03. The Bertz CT molecular complexity index is 902. The monoisotopic (exact) mass is 325 g/mol. The van der Waals surface area contributed by atoms with Crippen LogP contribution in [-0.2, 0) is 11.2 Å². The molecule has 0 saturated carbocycles. The number of benzene rings is 1. The van der Waals surface area contributed by atoms with Crippen molar-refractivity contribution in [3.8, 4) is 17.0 Å². The van der Waals surface area contributed by atoms with Gasteiger partial charge in [-0.05, 0) is 30.7 Å². The zero-order valence-corrected chi connectivity index (χ0v) is 13.6. The lowest BCUT2D eigenvalue weighted by molar-refractivity contribution is -0.138. The summed E-state index contributed by atoms with van der Waals surface area (Å²) in [7, 11) is 1.60. The van der Waals surface area contributed by atoms with Gasteiger partial charge in [-0.25, -0.2) is 4.98 Å². The van der Waals surface area contributed by atoms with E-state index in [-0.39, 0.29) is 6.42 Å². The number of aromatic nitrogens is 2. The lowest BCUT2D eigenvalue weighted by atomic mass is 10.1. The highest BCUT2D eigenvalue weighted by molar-refractivity contribution is 5.75. The van der Waals surface area contributed by atoms with Crippen molar-refractivity contribution in [3.05, 3.63) is 53.9 Å². The number of hydrogen-bond donors (Lipinski definition) is 2. The van der Waals surface area contributed by atoms with Gasteiger partial charge >= 0.3 is 5.97 Å². The predicted octanol–water partition coefficient (Wildman–Crippen LogP) is 2.27. The fourth-order valence-electron chi connectivity index (χ4n) is 2.69. The number of methoxy groups -OCH3 is 1. The highest BCUT2D eigenvalue weighted by Gasteiger charge is 2.20. The Morgan fingerprint density at radius 3 is 2.88 bits per heavy atom. The Balaban J connectivity index is 2.20. The number of fused-ring (bicyclic) bond motifs is 1. The predicted molar refractivity (Wildman–Crippen MR) is 91.2 cm³/mol. The van der Waals surface area contributed by atoms with E-state index in [1.165, 1.54) is 0 Å². The molecule has 3 N–H and O–H groups in total. The zero-order valence-electron chi connectivity index (χ0n) is 13.6. The number of aryl methyl sites for hydroxylation is 1. The minimum absolute atomic E-state index is 0.187. The Morgan fingerprint density at radius 1 is 1.38 bits per heavy atom. The van der Waals surface area contributed by atoms with Gasteiger partial charge < -0.3 is 20.0 Å². The molecule has 1 unspecified atom stereocenters. The Morgan fingerprint density at radius 2 is 2.17 bits per heavy atom. The van der Waals surface area contributed by atoms with Crippen LogP contribution in [0.25, 0.3) is 16.9 Å². The van der Waals surface area contributed by atoms with E-state index in [1.807, 2.05) is 53.9 Å². The number of nitrogens with two attached hydrogens (primary N) is 1. The summed E-state index contributed by atoms with van der Waals surface area (Å²) in [4.78, 5) is 15.9. The van der Waals surface area contributed by atoms with Crippen molar-refractivity contribution in [1.82, 2.24) is 9.38 Å². The average molecular weight is 325 g/mol. The lowest BCUT2D eigenvalue weighted by Crippen LogP contribution is -2.32. The summed E-state index contributed by atoms with van der Waals surface area (Å²) in [6.45, 7) is 1.98. The van der Waals surface area contributed by atoms with E-state index in [4.69, 9.17) is 10.5 Å². The summed E-state index contributed by atoms with van der Waals surface area (Å²) in [5.41, 5.74) is 9.95. The normalized spacial score (nSPS) is 12.3. The highest BCUT2D eigenvalue weighted by Crippen LogP contribution is 2.28. The first-order chi connectivity index (χ1) is 11.5. The molecule has 0 bridgehead atoms. The van der Waals surface area contributed by atoms with Gasteiger partial charge in [0.15, 0.2) is 0 Å². The van der Waals surface area contributed by atoms with Crippen molar-refractivity contribution in [1.29, 1.82) is 0 Å². The van der Waals surface area contributed by atoms with Gasteiger partial charge in [-0.15, -0.1) is 0 Å². The van der Waals surface area contributed by atoms with Gasteiger partial charge in [0.1, 0.15) is 17.4 Å². The van der Waals surface area contributed by atoms with Gasteiger partial charge in [0.25, 0.3) is 0 Å². The first-order valence-electron chi connectivity index (χ1n) is 7.60. The average Bonchev–Trinajstić information content (AvgIpc) is 2.92. The van der Waals surface area contributed by atoms with Gasteiger partial charge in [-0.3, -0.25) is 4.79 Å². The maximum atomic E-state index is 11.2. The van der Waals surface area contributed by atoms with Crippen LogP contribution in [0.15, 0.2) is 42.6 Å². The van der Waals surface area contributed by atoms with Crippen molar-refractivity contribution >= 4 is 11.6 Å². The summed E-state index contributed by atoms with van der Waals surface area (Å²) in [5, 5.41) is 9.18. The number of carboxylic acids is 1. The van der Waals surface area contributed by atoms with E-state index < -0.39 is 12.0 Å². The molecule has 1 aromatic carbocycles. The fraction of sp³-hybridized carbons (Fsp3) is 0.222. The zero-order chi connectivity index (χ0) is 17.3. The number of nitrogens with zero attached hydrogens (tertiary/aromatic N) is 2. The number of imidazole rings is 1. The summed E-state index contributed by atoms with van der Waals surface area (Å²) in [6, 6.07) is 10.4. The molecule has 2 aromatic heterocycles. The van der Waals surface area contributed by atoms with Crippen LogP contribution in [0.5, 0.6) is 5.75 Å². The second-order valence-corrected chi connectivity index (χ2v) is 5.72. The van der Waals surface area contributed by atoms with Gasteiger partial charge in [-0.2, -0.15) is 0 Å². The highest BCUT2D eigenvalue weighted by atomic mass is 16.5. The maximum Gasteiger partial charge on any atom is 0.320 e. The molecule has 0 aliphatic heterocycles. The second-order valence-electron chi connectivity index (χ2n) is 5.72. The third-order valence-electron chi connectivity index (χ3n) is 3.94. The molecule has 3 rings (SSSR count). The van der Waals surface area contributed by atoms with Crippen LogP contribution in [0.4, 0.5) is 0 Å². The molecule has 124 valence electrons. The Kier molecular flexibility index (Phi) is 4.22. The Hall–Kier alpha value is -2.86. The van der Waals surface area contributed by atoms with Gasteiger partial charge in [0.2, 0.25) is 0 Å². The molecule has 0 spiro atoms. The smallest absolute Gasteiger partial charge is 0.320 e. The summed E-state index contributed by atoms with van der Waals surface area (Å²) in [6.07, 6.45) is 2.13. The van der Waals surface area contributed by atoms with Crippen LogP contribution in [0.2, 0.25) is 0 Å². The molecule has 0 saturated heterocycles. The van der Waals surface area contributed by atoms with Crippen molar-refractivity contribution in [2.24, 2.45) is 5.73 Å². The van der Waals surface area contributed by atoms with Crippen LogP contribution in [0.1, 0.15) is 11.3 Å². The summed E-state index contributed by atoms with van der Waals surface area (Å²) >= 11 is 0. The molecule has 2 heterocycles. The fourth-order valence-corrected chi connectivity index (χ4v) is 2.69. The van der Waals surface area contributed by atoms with Crippen molar-refractivity contribution in [2.45, 2.75) is 19.4 Å². The number of pyridine rings is 1. The molecule has 0 radical (unpaired) electrons. The van der Waals surface area contributed by atoms with Crippen molar-refractivity contribution in [2.75, 3.05) is 7.11 Å². The number of carbonyl (C=O) groups is 1. The molecular weight excluding hydrogens is 306 g/mol. The summed E-state index contributed by atoms with van der Waals surface area (Å²) in [5.74, 6) is -0.316. The van der Waals surface area contributed by atoms with Crippen molar-refractivity contribution < 1.29 is 14.6 Å². The van der Waals surface area contributed by atoms with E-state index in [9.17, 15) is 9.90 Å². The van der Waals surface area contributed by atoms with E-state index >= 15 is 0 Å². The van der Waals surface area contributed by atoms with E-state index in [2.05, 4.69) is 4.98 Å². The van der Waals surface area contributed by atoms with Crippen LogP contribution >= 0.6 is 0 Å². The lowest BCUT2D eigenvalue weighted by Gasteiger charge is -2.10.